The molecule has 0 radical (unpaired) electrons. The van der Waals surface area contributed by atoms with Crippen molar-refractivity contribution >= 4 is 5.91 Å². The van der Waals surface area contributed by atoms with Crippen molar-refractivity contribution in [3.8, 4) is 0 Å². The van der Waals surface area contributed by atoms with Gasteiger partial charge in [0.05, 0.1) is 6.04 Å². The summed E-state index contributed by atoms with van der Waals surface area (Å²) >= 11 is 0. The van der Waals surface area contributed by atoms with Crippen molar-refractivity contribution in [2.75, 3.05) is 0 Å². The van der Waals surface area contributed by atoms with Crippen LogP contribution in [0, 0.1) is 11.6 Å². The van der Waals surface area contributed by atoms with E-state index in [0.717, 1.165) is 17.7 Å². The molecule has 0 aliphatic rings. The number of nitrogens with zero attached hydrogens (tertiary/aromatic N) is 4. The van der Waals surface area contributed by atoms with E-state index >= 15 is 0 Å². The van der Waals surface area contributed by atoms with Crippen LogP contribution >= 0.6 is 0 Å². The fraction of sp³-hybridized carbons (Fsp3) is 0.222. The third-order valence-corrected chi connectivity index (χ3v) is 4.05. The smallest absolute Gasteiger partial charge is 0.245 e. The van der Waals surface area contributed by atoms with Gasteiger partial charge in [-0.2, -0.15) is 0 Å². The van der Waals surface area contributed by atoms with E-state index in [9.17, 15) is 13.6 Å². The Morgan fingerprint density at radius 3 is 2.62 bits per heavy atom. The highest BCUT2D eigenvalue weighted by Gasteiger charge is 2.24. The van der Waals surface area contributed by atoms with Gasteiger partial charge in [0.15, 0.2) is 0 Å². The minimum absolute atomic E-state index is 0.204. The number of nitrogens with one attached hydrogen (secondary N) is 1. The van der Waals surface area contributed by atoms with Crippen molar-refractivity contribution in [2.45, 2.75) is 25.4 Å². The first-order valence-electron chi connectivity index (χ1n) is 8.06. The van der Waals surface area contributed by atoms with Crippen LogP contribution in [0.2, 0.25) is 0 Å². The lowest BCUT2D eigenvalue weighted by Crippen LogP contribution is -2.36. The van der Waals surface area contributed by atoms with Gasteiger partial charge >= 0.3 is 0 Å². The molecule has 0 fully saturated rings. The topological polar surface area (TPSA) is 72.7 Å². The Kier molecular flexibility index (Phi) is 5.31. The van der Waals surface area contributed by atoms with E-state index in [2.05, 4.69) is 20.8 Å². The van der Waals surface area contributed by atoms with Crippen molar-refractivity contribution in [1.82, 2.24) is 25.5 Å². The first kappa shape index (κ1) is 17.7. The average molecular weight is 357 g/mol. The van der Waals surface area contributed by atoms with Gasteiger partial charge < -0.3 is 5.32 Å². The third-order valence-electron chi connectivity index (χ3n) is 4.05. The van der Waals surface area contributed by atoms with Crippen LogP contribution in [0.4, 0.5) is 8.78 Å². The lowest BCUT2D eigenvalue weighted by atomic mass is 10.0. The summed E-state index contributed by atoms with van der Waals surface area (Å²) in [4.78, 5) is 12.8. The van der Waals surface area contributed by atoms with Crippen molar-refractivity contribution in [3.63, 3.8) is 0 Å². The van der Waals surface area contributed by atoms with E-state index < -0.39 is 23.7 Å². The summed E-state index contributed by atoms with van der Waals surface area (Å²) in [6.45, 7) is 1.63. The summed E-state index contributed by atoms with van der Waals surface area (Å²) in [6.07, 6.45) is 1.73. The molecule has 1 heterocycles. The Morgan fingerprint density at radius 2 is 1.96 bits per heavy atom. The summed E-state index contributed by atoms with van der Waals surface area (Å²) < 4.78 is 28.4. The Morgan fingerprint density at radius 1 is 1.19 bits per heavy atom. The first-order valence-corrected chi connectivity index (χ1v) is 8.06. The summed E-state index contributed by atoms with van der Waals surface area (Å²) in [5, 5.41) is 13.7. The minimum atomic E-state index is -0.708. The number of carbonyl (C=O) groups is 1. The van der Waals surface area contributed by atoms with Gasteiger partial charge in [-0.05, 0) is 29.0 Å². The van der Waals surface area contributed by atoms with Gasteiger partial charge in [-0.1, -0.05) is 36.4 Å². The number of hydrogen-bond donors (Lipinski definition) is 1. The zero-order chi connectivity index (χ0) is 18.5. The van der Waals surface area contributed by atoms with Gasteiger partial charge in [-0.15, -0.1) is 5.10 Å². The predicted molar refractivity (Wildman–Crippen MR) is 89.9 cm³/mol. The molecule has 1 aromatic heterocycles. The van der Waals surface area contributed by atoms with E-state index in [1.807, 2.05) is 30.3 Å². The maximum absolute atomic E-state index is 13.9. The largest absolute Gasteiger partial charge is 0.348 e. The third kappa shape index (κ3) is 4.08. The molecule has 3 rings (SSSR count). The molecule has 0 aliphatic heterocycles. The molecule has 2 aromatic carbocycles. The molecule has 0 bridgehead atoms. The zero-order valence-corrected chi connectivity index (χ0v) is 14.0. The number of amides is 1. The van der Waals surface area contributed by atoms with Crippen LogP contribution in [0.1, 0.15) is 30.1 Å². The average Bonchev–Trinajstić information content (AvgIpc) is 3.14. The van der Waals surface area contributed by atoms with Crippen LogP contribution in [-0.4, -0.2) is 26.1 Å². The zero-order valence-electron chi connectivity index (χ0n) is 14.0. The highest BCUT2D eigenvalue weighted by Crippen LogP contribution is 2.20. The fourth-order valence-electron chi connectivity index (χ4n) is 2.69. The van der Waals surface area contributed by atoms with Gasteiger partial charge in [-0.25, -0.2) is 13.5 Å². The monoisotopic (exact) mass is 357 g/mol. The van der Waals surface area contributed by atoms with Crippen LogP contribution in [-0.2, 0) is 11.2 Å². The van der Waals surface area contributed by atoms with Crippen LogP contribution in [0.25, 0.3) is 0 Å². The first-order chi connectivity index (χ1) is 12.5. The molecule has 2 atom stereocenters. The number of hydrogen-bond acceptors (Lipinski definition) is 4. The van der Waals surface area contributed by atoms with Gasteiger partial charge in [-0.3, -0.25) is 4.79 Å². The molecule has 0 aliphatic carbocycles. The Balaban J connectivity index is 1.79. The van der Waals surface area contributed by atoms with E-state index in [1.165, 1.54) is 17.1 Å². The quantitative estimate of drug-likeness (QED) is 0.736. The fourth-order valence-corrected chi connectivity index (χ4v) is 2.69. The second-order valence-corrected chi connectivity index (χ2v) is 5.89. The molecule has 1 amide bonds. The number of carbonyl (C=O) groups excluding carboxylic acids is 1. The molecular formula is C18H17F2N5O. The molecule has 6 nitrogen and oxygen atoms in total. The molecule has 26 heavy (non-hydrogen) atoms. The predicted octanol–water partition coefficient (Wildman–Crippen LogP) is 2.61. The highest BCUT2D eigenvalue weighted by molar-refractivity contribution is 5.80. The van der Waals surface area contributed by atoms with Gasteiger partial charge in [0.2, 0.25) is 5.91 Å². The second kappa shape index (κ2) is 7.81. The van der Waals surface area contributed by atoms with Crippen molar-refractivity contribution in [3.05, 3.63) is 77.6 Å². The summed E-state index contributed by atoms with van der Waals surface area (Å²) in [5.74, 6) is -1.74. The van der Waals surface area contributed by atoms with Gasteiger partial charge in [0.25, 0.3) is 0 Å². The molecule has 0 saturated heterocycles. The molecule has 0 spiro atoms. The molecule has 8 heteroatoms. The molecule has 134 valence electrons. The van der Waals surface area contributed by atoms with E-state index in [-0.39, 0.29) is 11.5 Å². The van der Waals surface area contributed by atoms with Crippen molar-refractivity contribution in [1.29, 1.82) is 0 Å². The van der Waals surface area contributed by atoms with Crippen LogP contribution in [0.15, 0.2) is 54.9 Å². The highest BCUT2D eigenvalue weighted by atomic mass is 19.1. The number of benzene rings is 2. The van der Waals surface area contributed by atoms with E-state index in [4.69, 9.17) is 0 Å². The van der Waals surface area contributed by atoms with Crippen LogP contribution in [0.3, 0.4) is 0 Å². The molecule has 1 N–H and O–H groups in total. The lowest BCUT2D eigenvalue weighted by Gasteiger charge is -2.20. The summed E-state index contributed by atoms with van der Waals surface area (Å²) in [5.41, 5.74) is 1.14. The Bertz CT molecular complexity index is 871. The van der Waals surface area contributed by atoms with Gasteiger partial charge in [0.1, 0.15) is 24.0 Å². The normalized spacial score (nSPS) is 13.2. The van der Waals surface area contributed by atoms with E-state index in [1.54, 1.807) is 6.92 Å². The molecule has 3 aromatic rings. The lowest BCUT2D eigenvalue weighted by molar-refractivity contribution is -0.125. The van der Waals surface area contributed by atoms with Crippen LogP contribution in [0.5, 0.6) is 0 Å². The van der Waals surface area contributed by atoms with Crippen LogP contribution < -0.4 is 5.32 Å². The van der Waals surface area contributed by atoms with E-state index in [0.29, 0.717) is 6.42 Å². The Hall–Kier alpha value is -3.16. The number of halogens is 2. The summed E-state index contributed by atoms with van der Waals surface area (Å²) in [7, 11) is 0. The maximum atomic E-state index is 13.9. The van der Waals surface area contributed by atoms with Gasteiger partial charge in [0, 0.05) is 18.1 Å². The molecular weight excluding hydrogens is 340 g/mol. The number of rotatable bonds is 6. The SMILES string of the molecule is CC(NC(=O)C(Cc1ccccc1)n1cnnn1)c1ccc(F)cc1F. The molecule has 0 saturated carbocycles. The van der Waals surface area contributed by atoms with Crippen molar-refractivity contribution < 1.29 is 13.6 Å². The maximum Gasteiger partial charge on any atom is 0.245 e. The number of tetrazole rings is 1. The molecule has 2 unspecified atom stereocenters. The second-order valence-electron chi connectivity index (χ2n) is 5.89. The Labute approximate surface area is 148 Å². The standard InChI is InChI=1S/C18H17F2N5O/c1-12(15-8-7-14(19)10-16(15)20)22-18(26)17(25-11-21-23-24-25)9-13-5-3-2-4-6-13/h2-8,10-12,17H,9H2,1H3,(H,22,26). The minimum Gasteiger partial charge on any atom is -0.348 e. The summed E-state index contributed by atoms with van der Waals surface area (Å²) in [6, 6.07) is 11.4. The number of aromatic nitrogens is 4. The van der Waals surface area contributed by atoms with Crippen molar-refractivity contribution in [2.24, 2.45) is 0 Å².